The third kappa shape index (κ3) is 3.50. The van der Waals surface area contributed by atoms with Crippen molar-refractivity contribution in [3.63, 3.8) is 0 Å². The molecule has 0 atom stereocenters. The van der Waals surface area contributed by atoms with Crippen molar-refractivity contribution < 1.29 is 19.4 Å². The third-order valence-electron chi connectivity index (χ3n) is 4.19. The van der Waals surface area contributed by atoms with Crippen LogP contribution in [0.5, 0.6) is 0 Å². The van der Waals surface area contributed by atoms with Crippen molar-refractivity contribution >= 4 is 22.8 Å². The summed E-state index contributed by atoms with van der Waals surface area (Å²) in [7, 11) is 0. The molecule has 1 amide bonds. The normalized spacial score (nSPS) is 17.0. The van der Waals surface area contributed by atoms with E-state index in [1.165, 1.54) is 0 Å². The van der Waals surface area contributed by atoms with E-state index in [1.807, 2.05) is 24.3 Å². The minimum absolute atomic E-state index is 0.0652. The number of fused-ring (bicyclic) bond motifs is 1. The Balaban J connectivity index is 1.73. The lowest BCUT2D eigenvalue weighted by Crippen LogP contribution is -2.54. The van der Waals surface area contributed by atoms with Gasteiger partial charge in [-0.1, -0.05) is 18.2 Å². The van der Waals surface area contributed by atoms with Gasteiger partial charge in [-0.2, -0.15) is 5.10 Å². The van der Waals surface area contributed by atoms with Crippen LogP contribution in [0.3, 0.4) is 0 Å². The summed E-state index contributed by atoms with van der Waals surface area (Å²) in [5.41, 5.74) is 0.145. The molecule has 122 valence electrons. The third-order valence-corrected chi connectivity index (χ3v) is 4.19. The van der Waals surface area contributed by atoms with Gasteiger partial charge in [0.2, 0.25) is 5.91 Å². The Morgan fingerprint density at radius 2 is 2.04 bits per heavy atom. The number of para-hydroxylation sites is 1. The maximum atomic E-state index is 12.4. The highest BCUT2D eigenvalue weighted by atomic mass is 16.5. The number of hydrogen-bond acceptors (Lipinski definition) is 4. The molecule has 1 fully saturated rings. The highest BCUT2D eigenvalue weighted by Crippen LogP contribution is 2.24. The summed E-state index contributed by atoms with van der Waals surface area (Å²) < 4.78 is 6.91. The summed E-state index contributed by atoms with van der Waals surface area (Å²) in [6.45, 7) is 0.978. The van der Waals surface area contributed by atoms with E-state index in [2.05, 4.69) is 10.4 Å². The second kappa shape index (κ2) is 6.37. The van der Waals surface area contributed by atoms with Crippen LogP contribution in [0, 0.1) is 0 Å². The van der Waals surface area contributed by atoms with Gasteiger partial charge < -0.3 is 15.2 Å². The molecule has 2 N–H and O–H groups in total. The number of nitrogens with one attached hydrogen (secondary N) is 1. The lowest BCUT2D eigenvalue weighted by molar-refractivity contribution is -0.140. The standard InChI is InChI=1S/C16H19N3O4/c20-14(11-19-13-4-2-1-3-12(13)10-17-19)18-16(9-15(21)22)5-7-23-8-6-16/h1-4,10H,5-9,11H2,(H,18,20)(H,21,22). The SMILES string of the molecule is O=C(O)CC1(NC(=O)Cn2ncc3ccccc32)CCOCC1. The number of rotatable bonds is 5. The smallest absolute Gasteiger partial charge is 0.305 e. The Labute approximate surface area is 133 Å². The first-order chi connectivity index (χ1) is 11.1. The molecule has 1 saturated heterocycles. The molecule has 0 aliphatic carbocycles. The topological polar surface area (TPSA) is 93.5 Å². The van der Waals surface area contributed by atoms with Crippen molar-refractivity contribution in [2.24, 2.45) is 0 Å². The van der Waals surface area contributed by atoms with Crippen LogP contribution in [0.25, 0.3) is 10.9 Å². The quantitative estimate of drug-likeness (QED) is 0.863. The van der Waals surface area contributed by atoms with Gasteiger partial charge in [-0.3, -0.25) is 14.3 Å². The Bertz CT molecular complexity index is 719. The Morgan fingerprint density at radius 3 is 2.78 bits per heavy atom. The van der Waals surface area contributed by atoms with E-state index in [4.69, 9.17) is 9.84 Å². The minimum atomic E-state index is -0.920. The zero-order chi connectivity index (χ0) is 16.3. The largest absolute Gasteiger partial charge is 0.481 e. The van der Waals surface area contributed by atoms with Gasteiger partial charge in [0, 0.05) is 18.6 Å². The van der Waals surface area contributed by atoms with Gasteiger partial charge in [0.05, 0.1) is 23.7 Å². The number of ether oxygens (including phenoxy) is 1. The maximum Gasteiger partial charge on any atom is 0.305 e. The fourth-order valence-electron chi connectivity index (χ4n) is 3.02. The molecule has 1 aromatic heterocycles. The first-order valence-corrected chi connectivity index (χ1v) is 7.59. The van der Waals surface area contributed by atoms with Gasteiger partial charge in [0.1, 0.15) is 6.54 Å². The van der Waals surface area contributed by atoms with Gasteiger partial charge in [-0.25, -0.2) is 0 Å². The lowest BCUT2D eigenvalue weighted by Gasteiger charge is -2.36. The molecule has 2 heterocycles. The van der Waals surface area contributed by atoms with E-state index in [0.717, 1.165) is 10.9 Å². The molecule has 0 saturated carbocycles. The molecule has 2 aromatic rings. The van der Waals surface area contributed by atoms with Crippen LogP contribution in [0.4, 0.5) is 0 Å². The molecule has 1 aliphatic rings. The van der Waals surface area contributed by atoms with Gasteiger partial charge in [0.15, 0.2) is 0 Å². The molecule has 3 rings (SSSR count). The first kappa shape index (κ1) is 15.5. The number of carboxylic acids is 1. The van der Waals surface area contributed by atoms with Crippen LogP contribution < -0.4 is 5.32 Å². The van der Waals surface area contributed by atoms with E-state index in [1.54, 1.807) is 10.9 Å². The van der Waals surface area contributed by atoms with E-state index >= 15 is 0 Å². The molecule has 1 aliphatic heterocycles. The van der Waals surface area contributed by atoms with Crippen molar-refractivity contribution in [2.45, 2.75) is 31.3 Å². The average molecular weight is 317 g/mol. The second-order valence-electron chi connectivity index (χ2n) is 5.87. The number of carbonyl (C=O) groups excluding carboxylic acids is 1. The molecule has 7 nitrogen and oxygen atoms in total. The number of amides is 1. The monoisotopic (exact) mass is 317 g/mol. The first-order valence-electron chi connectivity index (χ1n) is 7.59. The number of nitrogens with zero attached hydrogens (tertiary/aromatic N) is 2. The molecular weight excluding hydrogens is 298 g/mol. The Morgan fingerprint density at radius 1 is 1.30 bits per heavy atom. The summed E-state index contributed by atoms with van der Waals surface area (Å²) in [4.78, 5) is 23.5. The van der Waals surface area contributed by atoms with Crippen molar-refractivity contribution in [3.05, 3.63) is 30.5 Å². The van der Waals surface area contributed by atoms with Gasteiger partial charge in [-0.05, 0) is 18.9 Å². The van der Waals surface area contributed by atoms with Crippen molar-refractivity contribution in [2.75, 3.05) is 13.2 Å². The molecule has 0 bridgehead atoms. The summed E-state index contributed by atoms with van der Waals surface area (Å²) in [6.07, 6.45) is 2.63. The van der Waals surface area contributed by atoms with Crippen molar-refractivity contribution in [1.82, 2.24) is 15.1 Å². The van der Waals surface area contributed by atoms with Crippen LogP contribution in [0.2, 0.25) is 0 Å². The minimum Gasteiger partial charge on any atom is -0.481 e. The summed E-state index contributed by atoms with van der Waals surface area (Å²) in [5, 5.41) is 17.2. The molecule has 0 unspecified atom stereocenters. The Kier molecular flexibility index (Phi) is 4.29. The zero-order valence-corrected chi connectivity index (χ0v) is 12.7. The van der Waals surface area contributed by atoms with E-state index < -0.39 is 11.5 Å². The number of benzene rings is 1. The highest BCUT2D eigenvalue weighted by molar-refractivity contribution is 5.82. The van der Waals surface area contributed by atoms with E-state index in [0.29, 0.717) is 26.1 Å². The van der Waals surface area contributed by atoms with Crippen molar-refractivity contribution in [3.8, 4) is 0 Å². The second-order valence-corrected chi connectivity index (χ2v) is 5.87. The highest BCUT2D eigenvalue weighted by Gasteiger charge is 2.36. The van der Waals surface area contributed by atoms with Crippen LogP contribution in [-0.2, 0) is 20.9 Å². The van der Waals surface area contributed by atoms with Gasteiger partial charge in [0.25, 0.3) is 0 Å². The predicted molar refractivity (Wildman–Crippen MR) is 82.9 cm³/mol. The van der Waals surface area contributed by atoms with Crippen LogP contribution in [0.15, 0.2) is 30.5 Å². The number of aliphatic carboxylic acids is 1. The summed E-state index contributed by atoms with van der Waals surface area (Å²) in [6, 6.07) is 7.64. The number of carbonyl (C=O) groups is 2. The molecule has 0 radical (unpaired) electrons. The molecule has 23 heavy (non-hydrogen) atoms. The van der Waals surface area contributed by atoms with Gasteiger partial charge >= 0.3 is 5.97 Å². The van der Waals surface area contributed by atoms with E-state index in [9.17, 15) is 9.59 Å². The summed E-state index contributed by atoms with van der Waals surface area (Å²) >= 11 is 0. The summed E-state index contributed by atoms with van der Waals surface area (Å²) in [5.74, 6) is -1.15. The van der Waals surface area contributed by atoms with Gasteiger partial charge in [-0.15, -0.1) is 0 Å². The zero-order valence-electron chi connectivity index (χ0n) is 12.7. The number of aromatic nitrogens is 2. The van der Waals surface area contributed by atoms with Crippen LogP contribution in [0.1, 0.15) is 19.3 Å². The molecule has 1 aromatic carbocycles. The Hall–Kier alpha value is -2.41. The molecule has 7 heteroatoms. The lowest BCUT2D eigenvalue weighted by atomic mass is 9.86. The average Bonchev–Trinajstić information content (AvgIpc) is 2.90. The molecule has 0 spiro atoms. The molecular formula is C16H19N3O4. The fourth-order valence-corrected chi connectivity index (χ4v) is 3.02. The van der Waals surface area contributed by atoms with Crippen LogP contribution in [-0.4, -0.2) is 45.5 Å². The van der Waals surface area contributed by atoms with Crippen LogP contribution >= 0.6 is 0 Å². The maximum absolute atomic E-state index is 12.4. The van der Waals surface area contributed by atoms with Crippen molar-refractivity contribution in [1.29, 1.82) is 0 Å². The number of carboxylic acid groups (broad SMARTS) is 1. The predicted octanol–water partition coefficient (Wildman–Crippen LogP) is 1.18. The van der Waals surface area contributed by atoms with E-state index in [-0.39, 0.29) is 18.9 Å². The number of hydrogen-bond donors (Lipinski definition) is 2. The fraction of sp³-hybridized carbons (Fsp3) is 0.438.